The van der Waals surface area contributed by atoms with Crippen molar-refractivity contribution in [3.05, 3.63) is 35.9 Å². The molecule has 1 aromatic rings. The summed E-state index contributed by atoms with van der Waals surface area (Å²) in [4.78, 5) is 11.6. The summed E-state index contributed by atoms with van der Waals surface area (Å²) < 4.78 is 21.7. The SMILES string of the molecule is C[C@@H]1CC[C@@](O)(CNC(=O)OCc2ccccc2)[C@H](O)C1.O=S=O. The molecule has 1 fully saturated rings. The highest BCUT2D eigenvalue weighted by molar-refractivity contribution is 7.51. The topological polar surface area (TPSA) is 113 Å². The van der Waals surface area contributed by atoms with Crippen molar-refractivity contribution in [1.82, 2.24) is 5.32 Å². The van der Waals surface area contributed by atoms with E-state index in [0.29, 0.717) is 18.8 Å². The molecule has 1 saturated carbocycles. The Labute approximate surface area is 144 Å². The Bertz CT molecular complexity index is 549. The third-order valence-corrected chi connectivity index (χ3v) is 4.07. The van der Waals surface area contributed by atoms with Gasteiger partial charge < -0.3 is 20.3 Å². The van der Waals surface area contributed by atoms with E-state index in [-0.39, 0.29) is 13.2 Å². The fraction of sp³-hybridized carbons (Fsp3) is 0.562. The number of benzene rings is 1. The fourth-order valence-electron chi connectivity index (χ4n) is 2.59. The van der Waals surface area contributed by atoms with Crippen LogP contribution in [0.2, 0.25) is 0 Å². The van der Waals surface area contributed by atoms with E-state index >= 15 is 0 Å². The number of carbonyl (C=O) groups is 1. The van der Waals surface area contributed by atoms with Crippen molar-refractivity contribution in [2.75, 3.05) is 6.54 Å². The molecule has 1 amide bonds. The second kappa shape index (κ2) is 10.2. The Hall–Kier alpha value is -1.77. The van der Waals surface area contributed by atoms with Gasteiger partial charge in [0.05, 0.1) is 12.6 Å². The average Bonchev–Trinajstić information content (AvgIpc) is 2.57. The van der Waals surface area contributed by atoms with E-state index in [4.69, 9.17) is 13.2 Å². The maximum atomic E-state index is 11.6. The van der Waals surface area contributed by atoms with Crippen molar-refractivity contribution in [3.8, 4) is 0 Å². The van der Waals surface area contributed by atoms with Crippen LogP contribution < -0.4 is 5.32 Å². The van der Waals surface area contributed by atoms with Crippen molar-refractivity contribution < 1.29 is 28.2 Å². The van der Waals surface area contributed by atoms with E-state index in [1.807, 2.05) is 37.3 Å². The Morgan fingerprint density at radius 1 is 1.38 bits per heavy atom. The lowest BCUT2D eigenvalue weighted by molar-refractivity contribution is -0.107. The highest BCUT2D eigenvalue weighted by atomic mass is 32.1. The van der Waals surface area contributed by atoms with Gasteiger partial charge in [-0.05, 0) is 30.7 Å². The number of hydrogen-bond donors (Lipinski definition) is 3. The molecule has 0 heterocycles. The molecule has 0 radical (unpaired) electrons. The van der Waals surface area contributed by atoms with Crippen molar-refractivity contribution in [1.29, 1.82) is 0 Å². The highest BCUT2D eigenvalue weighted by Crippen LogP contribution is 2.31. The zero-order valence-corrected chi connectivity index (χ0v) is 14.3. The first kappa shape index (κ1) is 20.3. The summed E-state index contributed by atoms with van der Waals surface area (Å²) in [5, 5.41) is 22.9. The van der Waals surface area contributed by atoms with Crippen LogP contribution in [-0.2, 0) is 22.9 Å². The maximum Gasteiger partial charge on any atom is 0.407 e. The lowest BCUT2D eigenvalue weighted by Crippen LogP contribution is -2.54. The summed E-state index contributed by atoms with van der Waals surface area (Å²) in [6.07, 6.45) is 0.480. The molecule has 0 aliphatic heterocycles. The van der Waals surface area contributed by atoms with Crippen molar-refractivity contribution in [3.63, 3.8) is 0 Å². The van der Waals surface area contributed by atoms with Crippen LogP contribution in [0.25, 0.3) is 0 Å². The number of aliphatic hydroxyl groups excluding tert-OH is 1. The molecule has 8 heteroatoms. The van der Waals surface area contributed by atoms with Gasteiger partial charge in [0.2, 0.25) is 0 Å². The third-order valence-electron chi connectivity index (χ3n) is 4.07. The minimum Gasteiger partial charge on any atom is -0.445 e. The molecule has 1 aliphatic rings. The Morgan fingerprint density at radius 3 is 2.58 bits per heavy atom. The summed E-state index contributed by atoms with van der Waals surface area (Å²) in [5.74, 6) is 0.394. The standard InChI is InChI=1S/C16H23NO4.O2S/c1-12-7-8-16(20,14(18)9-12)11-17-15(19)21-10-13-5-3-2-4-6-13;1-3-2/h2-6,12,14,18,20H,7-11H2,1H3,(H,17,19);/t12-,14-,16-;/m1./s1. The molecule has 0 spiro atoms. The number of hydrogen-bond acceptors (Lipinski definition) is 6. The van der Waals surface area contributed by atoms with Crippen molar-refractivity contribution >= 4 is 17.7 Å². The molecule has 24 heavy (non-hydrogen) atoms. The number of ether oxygens (including phenoxy) is 1. The van der Waals surface area contributed by atoms with Gasteiger partial charge in [0.1, 0.15) is 12.2 Å². The van der Waals surface area contributed by atoms with Gasteiger partial charge in [-0.15, -0.1) is 0 Å². The molecule has 0 aromatic heterocycles. The quantitative estimate of drug-likeness (QED) is 0.745. The van der Waals surface area contributed by atoms with E-state index in [0.717, 1.165) is 12.0 Å². The van der Waals surface area contributed by atoms with E-state index in [9.17, 15) is 15.0 Å². The zero-order chi connectivity index (χ0) is 18.0. The number of carbonyl (C=O) groups excluding carboxylic acids is 1. The molecule has 3 atom stereocenters. The van der Waals surface area contributed by atoms with Crippen LogP contribution in [0.5, 0.6) is 0 Å². The van der Waals surface area contributed by atoms with Crippen LogP contribution in [0, 0.1) is 5.92 Å². The molecule has 2 rings (SSSR count). The molecule has 0 saturated heterocycles. The molecule has 1 aliphatic carbocycles. The minimum absolute atomic E-state index is 0.00844. The predicted octanol–water partition coefficient (Wildman–Crippen LogP) is 1.15. The van der Waals surface area contributed by atoms with Gasteiger partial charge in [-0.25, -0.2) is 4.79 Å². The van der Waals surface area contributed by atoms with E-state index < -0.39 is 29.4 Å². The minimum atomic E-state index is -1.25. The third kappa shape index (κ3) is 6.77. The smallest absolute Gasteiger partial charge is 0.407 e. The van der Waals surface area contributed by atoms with Gasteiger partial charge in [0.25, 0.3) is 0 Å². The average molecular weight is 357 g/mol. The maximum absolute atomic E-state index is 11.6. The van der Waals surface area contributed by atoms with Crippen LogP contribution in [0.1, 0.15) is 31.7 Å². The monoisotopic (exact) mass is 357 g/mol. The first-order valence-electron chi connectivity index (χ1n) is 7.68. The number of alkyl carbamates (subject to hydrolysis) is 1. The van der Waals surface area contributed by atoms with Crippen LogP contribution >= 0.6 is 0 Å². The van der Waals surface area contributed by atoms with Crippen molar-refractivity contribution in [2.45, 2.75) is 44.5 Å². The number of nitrogens with one attached hydrogen (secondary N) is 1. The molecule has 0 unspecified atom stereocenters. The van der Waals surface area contributed by atoms with E-state index in [1.165, 1.54) is 0 Å². The van der Waals surface area contributed by atoms with Gasteiger partial charge in [-0.3, -0.25) is 0 Å². The lowest BCUT2D eigenvalue weighted by atomic mass is 9.77. The molecular formula is C16H23NO6S. The predicted molar refractivity (Wildman–Crippen MR) is 87.5 cm³/mol. The molecular weight excluding hydrogens is 334 g/mol. The number of amides is 1. The molecule has 0 bridgehead atoms. The Morgan fingerprint density at radius 2 is 2.00 bits per heavy atom. The summed E-state index contributed by atoms with van der Waals surface area (Å²) in [5.41, 5.74) is -0.351. The van der Waals surface area contributed by atoms with Crippen LogP contribution in [0.4, 0.5) is 4.79 Å². The number of rotatable bonds is 4. The first-order valence-corrected chi connectivity index (χ1v) is 8.34. The molecule has 7 nitrogen and oxygen atoms in total. The van der Waals surface area contributed by atoms with Crippen molar-refractivity contribution in [2.24, 2.45) is 5.92 Å². The molecule has 1 aromatic carbocycles. The van der Waals surface area contributed by atoms with Crippen LogP contribution in [0.3, 0.4) is 0 Å². The first-order chi connectivity index (χ1) is 11.4. The lowest BCUT2D eigenvalue weighted by Gasteiger charge is -2.39. The number of aliphatic hydroxyl groups is 2. The largest absolute Gasteiger partial charge is 0.445 e. The summed E-state index contributed by atoms with van der Waals surface area (Å²) in [7, 11) is 0. The van der Waals surface area contributed by atoms with Gasteiger partial charge in [0.15, 0.2) is 0 Å². The van der Waals surface area contributed by atoms with E-state index in [1.54, 1.807) is 0 Å². The normalized spacial score (nSPS) is 25.8. The van der Waals surface area contributed by atoms with Gasteiger partial charge in [-0.1, -0.05) is 37.3 Å². The molecule has 3 N–H and O–H groups in total. The highest BCUT2D eigenvalue weighted by Gasteiger charge is 2.40. The van der Waals surface area contributed by atoms with Crippen LogP contribution in [-0.4, -0.2) is 43.0 Å². The van der Waals surface area contributed by atoms with Crippen LogP contribution in [0.15, 0.2) is 30.3 Å². The zero-order valence-electron chi connectivity index (χ0n) is 13.5. The Balaban J connectivity index is 0.000000891. The van der Waals surface area contributed by atoms with E-state index in [2.05, 4.69) is 5.32 Å². The van der Waals surface area contributed by atoms with Gasteiger partial charge in [0, 0.05) is 0 Å². The van der Waals surface area contributed by atoms with Gasteiger partial charge in [-0.2, -0.15) is 8.42 Å². The fourth-order valence-corrected chi connectivity index (χ4v) is 2.59. The van der Waals surface area contributed by atoms with Gasteiger partial charge >= 0.3 is 17.7 Å². The summed E-state index contributed by atoms with van der Waals surface area (Å²) in [6, 6.07) is 9.38. The summed E-state index contributed by atoms with van der Waals surface area (Å²) >= 11 is -0.750. The second-order valence-electron chi connectivity index (χ2n) is 5.98. The molecule has 134 valence electrons. The second-order valence-corrected chi connectivity index (χ2v) is 6.12. The Kier molecular flexibility index (Phi) is 8.59. The summed E-state index contributed by atoms with van der Waals surface area (Å²) in [6.45, 7) is 2.24.